The van der Waals surface area contributed by atoms with Crippen molar-refractivity contribution >= 4 is 17.6 Å². The van der Waals surface area contributed by atoms with Gasteiger partial charge in [-0.3, -0.25) is 0 Å². The lowest BCUT2D eigenvalue weighted by Crippen LogP contribution is -2.48. The molecule has 2 atom stereocenters. The molecule has 1 fully saturated rings. The first-order valence-electron chi connectivity index (χ1n) is 10.5. The number of ether oxygens (including phenoxy) is 1. The van der Waals surface area contributed by atoms with Crippen LogP contribution in [0.3, 0.4) is 0 Å². The van der Waals surface area contributed by atoms with E-state index in [2.05, 4.69) is 31.2 Å². The number of aromatic nitrogens is 3. The first-order valence-corrected chi connectivity index (χ1v) is 10.5. The molecule has 2 aromatic heterocycles. The first kappa shape index (κ1) is 21.0. The maximum Gasteiger partial charge on any atom is 0.407 e. The molecular weight excluding hydrogens is 394 g/mol. The van der Waals surface area contributed by atoms with E-state index in [4.69, 9.17) is 9.72 Å². The Kier molecular flexibility index (Phi) is 5.47. The summed E-state index contributed by atoms with van der Waals surface area (Å²) in [4.78, 5) is 18.3. The molecule has 1 saturated heterocycles. The lowest BCUT2D eigenvalue weighted by Gasteiger charge is -2.36. The van der Waals surface area contributed by atoms with Crippen LogP contribution in [0.2, 0.25) is 0 Å². The van der Waals surface area contributed by atoms with Crippen molar-refractivity contribution in [2.75, 3.05) is 19.0 Å². The number of nitrogens with one attached hydrogen (secondary N) is 1. The summed E-state index contributed by atoms with van der Waals surface area (Å²) in [7, 11) is 1.64. The van der Waals surface area contributed by atoms with E-state index in [1.54, 1.807) is 22.7 Å². The van der Waals surface area contributed by atoms with Crippen LogP contribution in [0.15, 0.2) is 42.7 Å². The smallest absolute Gasteiger partial charge is 0.407 e. The van der Waals surface area contributed by atoms with Crippen molar-refractivity contribution in [2.24, 2.45) is 5.41 Å². The quantitative estimate of drug-likeness (QED) is 0.633. The molecule has 0 aliphatic carbocycles. The van der Waals surface area contributed by atoms with Gasteiger partial charge in [0.25, 0.3) is 0 Å². The summed E-state index contributed by atoms with van der Waals surface area (Å²) in [6.45, 7) is 6.80. The lowest BCUT2D eigenvalue weighted by molar-refractivity contribution is 0.0893. The van der Waals surface area contributed by atoms with Gasteiger partial charge >= 0.3 is 6.09 Å². The number of anilines is 1. The fourth-order valence-electron chi connectivity index (χ4n) is 4.47. The van der Waals surface area contributed by atoms with Gasteiger partial charge in [0.1, 0.15) is 11.6 Å². The van der Waals surface area contributed by atoms with Crippen molar-refractivity contribution in [1.82, 2.24) is 19.5 Å². The number of hydrogen-bond donors (Lipinski definition) is 2. The van der Waals surface area contributed by atoms with E-state index in [9.17, 15) is 9.90 Å². The molecule has 0 radical (unpaired) electrons. The van der Waals surface area contributed by atoms with Gasteiger partial charge in [-0.05, 0) is 30.4 Å². The minimum Gasteiger partial charge on any atom is -0.496 e. The minimum atomic E-state index is -0.859. The third-order valence-corrected chi connectivity index (χ3v) is 6.01. The molecule has 31 heavy (non-hydrogen) atoms. The second-order valence-electron chi connectivity index (χ2n) is 9.02. The fourth-order valence-corrected chi connectivity index (χ4v) is 4.47. The van der Waals surface area contributed by atoms with Gasteiger partial charge in [0, 0.05) is 24.3 Å². The van der Waals surface area contributed by atoms with Crippen LogP contribution in [0.5, 0.6) is 5.75 Å². The number of carbonyl (C=O) groups is 1. The van der Waals surface area contributed by atoms with E-state index in [-0.39, 0.29) is 17.5 Å². The van der Waals surface area contributed by atoms with Crippen molar-refractivity contribution < 1.29 is 14.6 Å². The summed E-state index contributed by atoms with van der Waals surface area (Å²) in [6.07, 6.45) is 4.48. The van der Waals surface area contributed by atoms with Crippen LogP contribution in [-0.4, -0.2) is 56.4 Å². The molecule has 8 heteroatoms. The minimum absolute atomic E-state index is 0.0132. The maximum absolute atomic E-state index is 11.9. The number of benzene rings is 1. The molecule has 164 valence electrons. The summed E-state index contributed by atoms with van der Waals surface area (Å²) in [6, 6.07) is 9.55. The summed E-state index contributed by atoms with van der Waals surface area (Å²) in [5.74, 6) is 1.45. The Morgan fingerprint density at radius 3 is 2.71 bits per heavy atom. The molecule has 1 amide bonds. The molecule has 1 aromatic carbocycles. The number of nitrogens with zero attached hydrogens (tertiary/aromatic N) is 4. The predicted octanol–water partition coefficient (Wildman–Crippen LogP) is 4.37. The highest BCUT2D eigenvalue weighted by molar-refractivity contribution is 5.81. The Hall–Kier alpha value is -3.29. The van der Waals surface area contributed by atoms with Crippen LogP contribution < -0.4 is 10.1 Å². The molecule has 2 N–H and O–H groups in total. The lowest BCUT2D eigenvalue weighted by atomic mass is 9.85. The predicted molar refractivity (Wildman–Crippen MR) is 120 cm³/mol. The van der Waals surface area contributed by atoms with Crippen molar-refractivity contribution in [1.29, 1.82) is 0 Å². The molecular formula is C23H29N5O3. The zero-order chi connectivity index (χ0) is 22.2. The number of methoxy groups -OCH3 is 1. The van der Waals surface area contributed by atoms with Crippen molar-refractivity contribution in [3.8, 4) is 16.9 Å². The van der Waals surface area contributed by atoms with Crippen molar-refractivity contribution in [2.45, 2.75) is 45.7 Å². The molecule has 1 aliphatic rings. The van der Waals surface area contributed by atoms with Crippen LogP contribution in [0.4, 0.5) is 10.6 Å². The summed E-state index contributed by atoms with van der Waals surface area (Å²) >= 11 is 0. The Labute approximate surface area is 181 Å². The van der Waals surface area contributed by atoms with Gasteiger partial charge in [-0.15, -0.1) is 0 Å². The van der Waals surface area contributed by atoms with Crippen LogP contribution >= 0.6 is 0 Å². The van der Waals surface area contributed by atoms with Gasteiger partial charge in [0.05, 0.1) is 24.9 Å². The molecule has 3 heterocycles. The topological polar surface area (TPSA) is 92.0 Å². The second-order valence-corrected chi connectivity index (χ2v) is 9.02. The zero-order valence-corrected chi connectivity index (χ0v) is 18.4. The normalized spacial score (nSPS) is 19.0. The van der Waals surface area contributed by atoms with E-state index in [1.807, 2.05) is 36.5 Å². The average Bonchev–Trinajstić information content (AvgIpc) is 3.36. The van der Waals surface area contributed by atoms with E-state index in [1.165, 1.54) is 0 Å². The van der Waals surface area contributed by atoms with Crippen molar-refractivity contribution in [3.63, 3.8) is 0 Å². The van der Waals surface area contributed by atoms with Crippen LogP contribution in [0.25, 0.3) is 16.8 Å². The summed E-state index contributed by atoms with van der Waals surface area (Å²) < 4.78 is 7.22. The molecule has 8 nitrogen and oxygen atoms in total. The molecule has 0 spiro atoms. The van der Waals surface area contributed by atoms with E-state index >= 15 is 0 Å². The molecule has 0 saturated carbocycles. The standard InChI is InChI=1S/C23H29N5O3/c1-23(2,3)19-10-9-15(28(19)22(29)30)13-24-20-11-12-27-21(26-20)17(14-25-27)16-7-5-6-8-18(16)31-4/h5-8,11-12,14-15,19H,9-10,13H2,1-4H3,(H,24,26)(H,29,30). The maximum atomic E-state index is 11.9. The highest BCUT2D eigenvalue weighted by Crippen LogP contribution is 2.36. The summed E-state index contributed by atoms with van der Waals surface area (Å²) in [5, 5.41) is 17.5. The van der Waals surface area contributed by atoms with Gasteiger partial charge < -0.3 is 20.1 Å². The highest BCUT2D eigenvalue weighted by atomic mass is 16.5. The molecule has 1 aliphatic heterocycles. The zero-order valence-electron chi connectivity index (χ0n) is 18.4. The van der Waals surface area contributed by atoms with Gasteiger partial charge in [-0.1, -0.05) is 39.0 Å². The van der Waals surface area contributed by atoms with Gasteiger partial charge in [-0.2, -0.15) is 5.10 Å². The Bertz CT molecular complexity index is 1090. The Morgan fingerprint density at radius 2 is 2.00 bits per heavy atom. The number of hydrogen-bond acceptors (Lipinski definition) is 5. The van der Waals surface area contributed by atoms with Gasteiger partial charge in [0.2, 0.25) is 0 Å². The van der Waals surface area contributed by atoms with Crippen molar-refractivity contribution in [3.05, 3.63) is 42.7 Å². The number of rotatable bonds is 5. The molecule has 0 bridgehead atoms. The number of likely N-dealkylation sites (tertiary alicyclic amines) is 1. The second kappa shape index (κ2) is 8.09. The largest absolute Gasteiger partial charge is 0.496 e. The van der Waals surface area contributed by atoms with Crippen LogP contribution in [0, 0.1) is 5.41 Å². The number of amides is 1. The SMILES string of the molecule is COc1ccccc1-c1cnn2ccc(NCC3CCC(C(C)(C)C)N3C(=O)O)nc12. The third kappa shape index (κ3) is 4.02. The van der Waals surface area contributed by atoms with Crippen LogP contribution in [-0.2, 0) is 0 Å². The van der Waals surface area contributed by atoms with E-state index in [0.717, 1.165) is 29.7 Å². The molecule has 2 unspecified atom stereocenters. The Balaban J connectivity index is 1.57. The highest BCUT2D eigenvalue weighted by Gasteiger charge is 2.42. The number of carboxylic acid groups (broad SMARTS) is 1. The van der Waals surface area contributed by atoms with E-state index < -0.39 is 6.09 Å². The molecule has 4 rings (SSSR count). The Morgan fingerprint density at radius 1 is 1.23 bits per heavy atom. The number of fused-ring (bicyclic) bond motifs is 1. The fraction of sp³-hybridized carbons (Fsp3) is 0.435. The summed E-state index contributed by atoms with van der Waals surface area (Å²) in [5.41, 5.74) is 2.42. The van der Waals surface area contributed by atoms with Gasteiger partial charge in [0.15, 0.2) is 5.65 Å². The molecule has 3 aromatic rings. The van der Waals surface area contributed by atoms with Crippen LogP contribution in [0.1, 0.15) is 33.6 Å². The number of para-hydroxylation sites is 1. The van der Waals surface area contributed by atoms with Gasteiger partial charge in [-0.25, -0.2) is 14.3 Å². The monoisotopic (exact) mass is 423 g/mol. The average molecular weight is 424 g/mol. The first-order chi connectivity index (χ1) is 14.8. The third-order valence-electron chi connectivity index (χ3n) is 6.01. The van der Waals surface area contributed by atoms with E-state index in [0.29, 0.717) is 18.0 Å².